The van der Waals surface area contributed by atoms with Gasteiger partial charge in [-0.3, -0.25) is 0 Å². The van der Waals surface area contributed by atoms with Crippen molar-refractivity contribution in [2.24, 2.45) is 0 Å². The smallest absolute Gasteiger partial charge is 0.171 e. The van der Waals surface area contributed by atoms with Crippen LogP contribution in [0.1, 0.15) is 41.8 Å². The van der Waals surface area contributed by atoms with Crippen molar-refractivity contribution in [2.45, 2.75) is 44.1 Å². The second kappa shape index (κ2) is 5.89. The van der Waals surface area contributed by atoms with Gasteiger partial charge >= 0.3 is 6.18 Å². The minimum Gasteiger partial charge on any atom is -0.171 e. The van der Waals surface area contributed by atoms with Crippen LogP contribution in [-0.4, -0.2) is 6.18 Å². The molecule has 0 aromatic heterocycles. The number of benzene rings is 1. The van der Waals surface area contributed by atoms with E-state index < -0.39 is 17.4 Å². The van der Waals surface area contributed by atoms with Gasteiger partial charge in [-0.05, 0) is 29.5 Å². The van der Waals surface area contributed by atoms with E-state index in [0.717, 1.165) is 29.5 Å². The largest absolute Gasteiger partial charge is 0.390 e. The van der Waals surface area contributed by atoms with Crippen molar-refractivity contribution in [1.82, 2.24) is 0 Å². The Hall–Kier alpha value is -0.510. The fraction of sp³-hybridized carbons (Fsp3) is 0.538. The zero-order chi connectivity index (χ0) is 13.1. The summed E-state index contributed by atoms with van der Waals surface area (Å²) in [6.07, 6.45) is -3.38. The van der Waals surface area contributed by atoms with E-state index in [1.165, 1.54) is 0 Å². The van der Waals surface area contributed by atoms with Crippen molar-refractivity contribution in [1.29, 1.82) is 0 Å². The van der Waals surface area contributed by atoms with E-state index in [4.69, 9.17) is 0 Å². The summed E-state index contributed by atoms with van der Waals surface area (Å²) in [5.41, 5.74) is 2.82. The van der Waals surface area contributed by atoms with Crippen molar-refractivity contribution in [2.75, 3.05) is 0 Å². The Morgan fingerprint density at radius 2 is 1.82 bits per heavy atom. The van der Waals surface area contributed by atoms with Crippen LogP contribution in [0.15, 0.2) is 18.2 Å². The molecule has 4 heteroatoms. The third-order valence-electron chi connectivity index (χ3n) is 2.75. The first-order chi connectivity index (χ1) is 7.87. The first-order valence-electron chi connectivity index (χ1n) is 5.69. The Kier molecular flexibility index (Phi) is 5.04. The summed E-state index contributed by atoms with van der Waals surface area (Å²) in [7, 11) is 0. The van der Waals surface area contributed by atoms with Gasteiger partial charge in [0.15, 0.2) is 0 Å². The van der Waals surface area contributed by atoms with Crippen molar-refractivity contribution in [3.8, 4) is 0 Å². The monoisotopic (exact) mass is 308 g/mol. The van der Waals surface area contributed by atoms with Crippen LogP contribution in [0.3, 0.4) is 0 Å². The summed E-state index contributed by atoms with van der Waals surface area (Å²) in [4.78, 5) is -0.649. The van der Waals surface area contributed by atoms with Crippen LogP contribution in [0.4, 0.5) is 13.2 Å². The Morgan fingerprint density at radius 3 is 2.29 bits per heavy atom. The first kappa shape index (κ1) is 14.6. The van der Waals surface area contributed by atoms with Crippen LogP contribution in [0.5, 0.6) is 0 Å². The molecular weight excluding hydrogens is 293 g/mol. The van der Waals surface area contributed by atoms with E-state index in [1.54, 1.807) is 0 Å². The van der Waals surface area contributed by atoms with Crippen LogP contribution in [0.25, 0.3) is 0 Å². The summed E-state index contributed by atoms with van der Waals surface area (Å²) in [6, 6.07) is 5.79. The number of aryl methyl sites for hydroxylation is 2. The molecule has 0 aliphatic carbocycles. The lowest BCUT2D eigenvalue weighted by molar-refractivity contribution is -0.134. The minimum absolute atomic E-state index is 0.649. The van der Waals surface area contributed by atoms with Gasteiger partial charge in [0.05, 0.1) is 6.42 Å². The van der Waals surface area contributed by atoms with E-state index in [0.29, 0.717) is 0 Å². The van der Waals surface area contributed by atoms with Crippen LogP contribution < -0.4 is 0 Å². The molecule has 1 rings (SSSR count). The highest BCUT2D eigenvalue weighted by molar-refractivity contribution is 9.09. The van der Waals surface area contributed by atoms with E-state index in [2.05, 4.69) is 15.9 Å². The topological polar surface area (TPSA) is 0 Å². The minimum atomic E-state index is -4.14. The van der Waals surface area contributed by atoms with Crippen molar-refractivity contribution in [3.05, 3.63) is 34.9 Å². The molecule has 0 N–H and O–H groups in total. The maximum Gasteiger partial charge on any atom is 0.390 e. The molecule has 0 heterocycles. The van der Waals surface area contributed by atoms with Crippen LogP contribution >= 0.6 is 15.9 Å². The predicted octanol–water partition coefficient (Wildman–Crippen LogP) is 5.20. The van der Waals surface area contributed by atoms with Crippen LogP contribution in [0, 0.1) is 0 Å². The lowest BCUT2D eigenvalue weighted by Crippen LogP contribution is -2.11. The van der Waals surface area contributed by atoms with Gasteiger partial charge in [0.25, 0.3) is 0 Å². The van der Waals surface area contributed by atoms with Gasteiger partial charge in [0, 0.05) is 4.83 Å². The standard InChI is InChI=1S/C13H16BrF3/c1-3-9-5-6-10(4-2)11(7-9)12(14)8-13(15,16)17/h5-7,12H,3-4,8H2,1-2H3. The zero-order valence-corrected chi connectivity index (χ0v) is 11.5. The fourth-order valence-corrected chi connectivity index (χ4v) is 2.58. The van der Waals surface area contributed by atoms with Gasteiger partial charge < -0.3 is 0 Å². The van der Waals surface area contributed by atoms with E-state index in [9.17, 15) is 13.2 Å². The van der Waals surface area contributed by atoms with Gasteiger partial charge in [-0.25, -0.2) is 0 Å². The van der Waals surface area contributed by atoms with E-state index in [-0.39, 0.29) is 0 Å². The Balaban J connectivity index is 3.01. The quantitative estimate of drug-likeness (QED) is 0.671. The first-order valence-corrected chi connectivity index (χ1v) is 6.61. The third kappa shape index (κ3) is 4.34. The van der Waals surface area contributed by atoms with Crippen molar-refractivity contribution < 1.29 is 13.2 Å². The Morgan fingerprint density at radius 1 is 1.18 bits per heavy atom. The molecule has 0 aliphatic heterocycles. The van der Waals surface area contributed by atoms with Crippen molar-refractivity contribution in [3.63, 3.8) is 0 Å². The van der Waals surface area contributed by atoms with Crippen molar-refractivity contribution >= 4 is 15.9 Å². The molecule has 0 radical (unpaired) electrons. The predicted molar refractivity (Wildman–Crippen MR) is 67.5 cm³/mol. The number of alkyl halides is 4. The molecule has 0 saturated heterocycles. The lowest BCUT2D eigenvalue weighted by atomic mass is 9.97. The van der Waals surface area contributed by atoms with Gasteiger partial charge in [-0.1, -0.05) is 48.0 Å². The molecule has 0 saturated carbocycles. The summed E-state index contributed by atoms with van der Waals surface area (Å²) in [5, 5.41) is 0. The van der Waals surface area contributed by atoms with Gasteiger partial charge in [-0.15, -0.1) is 0 Å². The van der Waals surface area contributed by atoms with E-state index in [1.807, 2.05) is 32.0 Å². The molecular formula is C13H16BrF3. The molecule has 0 amide bonds. The molecule has 17 heavy (non-hydrogen) atoms. The average molecular weight is 309 g/mol. The maximum atomic E-state index is 12.4. The van der Waals surface area contributed by atoms with Gasteiger partial charge in [0.2, 0.25) is 0 Å². The molecule has 96 valence electrons. The maximum absolute atomic E-state index is 12.4. The van der Waals surface area contributed by atoms with Crippen LogP contribution in [-0.2, 0) is 12.8 Å². The Labute approximate surface area is 108 Å². The number of halogens is 4. The zero-order valence-electron chi connectivity index (χ0n) is 9.94. The molecule has 1 aromatic rings. The normalized spacial score (nSPS) is 13.8. The number of hydrogen-bond donors (Lipinski definition) is 0. The van der Waals surface area contributed by atoms with Gasteiger partial charge in [0.1, 0.15) is 0 Å². The summed E-state index contributed by atoms with van der Waals surface area (Å²) < 4.78 is 37.1. The molecule has 1 atom stereocenters. The van der Waals surface area contributed by atoms with Crippen LogP contribution in [0.2, 0.25) is 0 Å². The molecule has 1 aromatic carbocycles. The summed E-state index contributed by atoms with van der Waals surface area (Å²) in [5.74, 6) is 0. The average Bonchev–Trinajstić information content (AvgIpc) is 2.25. The molecule has 0 nitrogen and oxygen atoms in total. The highest BCUT2D eigenvalue weighted by Crippen LogP contribution is 2.37. The van der Waals surface area contributed by atoms with E-state index >= 15 is 0 Å². The Bertz CT molecular complexity index is 371. The summed E-state index contributed by atoms with van der Waals surface area (Å²) >= 11 is 3.16. The fourth-order valence-electron chi connectivity index (χ4n) is 1.79. The second-order valence-corrected chi connectivity index (χ2v) is 5.13. The highest BCUT2D eigenvalue weighted by Gasteiger charge is 2.32. The van der Waals surface area contributed by atoms with Gasteiger partial charge in [-0.2, -0.15) is 13.2 Å². The molecule has 1 unspecified atom stereocenters. The number of hydrogen-bond acceptors (Lipinski definition) is 0. The molecule has 0 bridgehead atoms. The SMILES string of the molecule is CCc1ccc(CC)c(C(Br)CC(F)(F)F)c1. The highest BCUT2D eigenvalue weighted by atomic mass is 79.9. The third-order valence-corrected chi connectivity index (χ3v) is 3.56. The second-order valence-electron chi connectivity index (χ2n) is 4.03. The lowest BCUT2D eigenvalue weighted by Gasteiger charge is -2.17. The summed E-state index contributed by atoms with van der Waals surface area (Å²) in [6.45, 7) is 3.95. The molecule has 0 spiro atoms. The molecule has 0 fully saturated rings. The number of rotatable bonds is 4. The molecule has 0 aliphatic rings.